The number of carbonyl (C=O) groups excluding carboxylic acids is 1. The van der Waals surface area contributed by atoms with Crippen LogP contribution in [-0.2, 0) is 0 Å². The van der Waals surface area contributed by atoms with E-state index < -0.39 is 0 Å². The molecule has 0 spiro atoms. The fourth-order valence-electron chi connectivity index (χ4n) is 2.38. The van der Waals surface area contributed by atoms with Crippen LogP contribution in [0.3, 0.4) is 0 Å². The van der Waals surface area contributed by atoms with Crippen LogP contribution >= 0.6 is 0 Å². The summed E-state index contributed by atoms with van der Waals surface area (Å²) in [6.07, 6.45) is 6.14. The van der Waals surface area contributed by atoms with Gasteiger partial charge in [0.25, 0.3) is 0 Å². The van der Waals surface area contributed by atoms with E-state index in [1.165, 1.54) is 17.2 Å². The van der Waals surface area contributed by atoms with Crippen molar-refractivity contribution in [3.05, 3.63) is 40.5 Å². The zero-order chi connectivity index (χ0) is 19.1. The number of aromatic hydroxyl groups is 2. The third-order valence-electron chi connectivity index (χ3n) is 4.02. The van der Waals surface area contributed by atoms with E-state index in [1.807, 2.05) is 13.0 Å². The molecule has 138 valence electrons. The van der Waals surface area contributed by atoms with E-state index in [0.717, 1.165) is 12.8 Å². The van der Waals surface area contributed by atoms with Crippen LogP contribution in [0.4, 0.5) is 0 Å². The molecule has 4 heteroatoms. The first kappa shape index (κ1) is 20.8. The predicted octanol–water partition coefficient (Wildman–Crippen LogP) is 5.32. The lowest BCUT2D eigenvalue weighted by Crippen LogP contribution is -2.09. The molecule has 1 aromatic carbocycles. The molecule has 0 heterocycles. The Morgan fingerprint density at radius 3 is 2.40 bits per heavy atom. The monoisotopic (exact) mass is 346 g/mol. The highest BCUT2D eigenvalue weighted by Crippen LogP contribution is 2.38. The molecule has 0 saturated carbocycles. The molecule has 0 unspecified atom stereocenters. The molecule has 2 N–H and O–H groups in total. The second kappa shape index (κ2) is 9.30. The Bertz CT molecular complexity index is 678. The maximum atomic E-state index is 12.1. The van der Waals surface area contributed by atoms with Crippen molar-refractivity contribution in [2.75, 3.05) is 6.61 Å². The molecule has 0 saturated heterocycles. The number of hydrogen-bond donors (Lipinski definition) is 2. The van der Waals surface area contributed by atoms with Crippen LogP contribution in [0.5, 0.6) is 17.2 Å². The van der Waals surface area contributed by atoms with Gasteiger partial charge in [-0.3, -0.25) is 4.79 Å². The van der Waals surface area contributed by atoms with E-state index in [4.69, 9.17) is 4.74 Å². The Labute approximate surface area is 150 Å². The highest BCUT2D eigenvalue weighted by Gasteiger charge is 2.23. The van der Waals surface area contributed by atoms with Crippen molar-refractivity contribution in [1.29, 1.82) is 0 Å². The number of hydrogen-bond acceptors (Lipinski definition) is 4. The van der Waals surface area contributed by atoms with Crippen molar-refractivity contribution >= 4 is 5.78 Å². The van der Waals surface area contributed by atoms with Crippen molar-refractivity contribution in [2.24, 2.45) is 5.92 Å². The van der Waals surface area contributed by atoms with E-state index in [0.29, 0.717) is 17.9 Å². The molecule has 0 aromatic heterocycles. The lowest BCUT2D eigenvalue weighted by atomic mass is 9.97. The highest BCUT2D eigenvalue weighted by atomic mass is 16.5. The Morgan fingerprint density at radius 1 is 1.20 bits per heavy atom. The van der Waals surface area contributed by atoms with E-state index in [9.17, 15) is 15.0 Å². The van der Waals surface area contributed by atoms with Crippen LogP contribution in [0.25, 0.3) is 0 Å². The quantitative estimate of drug-likeness (QED) is 0.494. The average Bonchev–Trinajstić information content (AvgIpc) is 2.51. The normalized spacial score (nSPS) is 11.6. The molecule has 0 fully saturated rings. The summed E-state index contributed by atoms with van der Waals surface area (Å²) in [7, 11) is 0. The topological polar surface area (TPSA) is 66.8 Å². The van der Waals surface area contributed by atoms with Gasteiger partial charge in [0, 0.05) is 17.5 Å². The number of phenolic OH excluding ortho intramolecular Hbond substituents is 2. The number of allylic oxidation sites excluding steroid dienone is 3. The van der Waals surface area contributed by atoms with Crippen LogP contribution in [0.2, 0.25) is 0 Å². The molecule has 0 radical (unpaired) electrons. The molecule has 0 aliphatic rings. The molecule has 0 atom stereocenters. The van der Waals surface area contributed by atoms with E-state index >= 15 is 0 Å². The van der Waals surface area contributed by atoms with Crippen LogP contribution in [-0.4, -0.2) is 22.6 Å². The van der Waals surface area contributed by atoms with Crippen molar-refractivity contribution < 1.29 is 19.7 Å². The zero-order valence-electron chi connectivity index (χ0n) is 16.1. The molecular formula is C21H30O4. The summed E-state index contributed by atoms with van der Waals surface area (Å²) in [6, 6.07) is 1.40. The summed E-state index contributed by atoms with van der Waals surface area (Å²) in [4.78, 5) is 12.1. The molecule has 1 aromatic rings. The van der Waals surface area contributed by atoms with Crippen LogP contribution in [0.1, 0.15) is 63.4 Å². The van der Waals surface area contributed by atoms with E-state index in [-0.39, 0.29) is 28.8 Å². The smallest absolute Gasteiger partial charge is 0.172 e. The second-order valence-corrected chi connectivity index (χ2v) is 6.94. The number of rotatable bonds is 8. The maximum absolute atomic E-state index is 12.1. The van der Waals surface area contributed by atoms with Crippen molar-refractivity contribution in [2.45, 2.75) is 54.4 Å². The standard InChI is InChI=1S/C21H30O4/c1-13(2)8-7-9-15(5)10-11-25-18-12-17(22)19(20(23)14(3)4)21(24)16(18)6/h8,10,12,14,22,24H,7,9,11H2,1-6H3/b15-10+. The van der Waals surface area contributed by atoms with Crippen molar-refractivity contribution in [1.82, 2.24) is 0 Å². The van der Waals surface area contributed by atoms with Crippen LogP contribution in [0.15, 0.2) is 29.4 Å². The first-order valence-corrected chi connectivity index (χ1v) is 8.66. The van der Waals surface area contributed by atoms with Crippen LogP contribution < -0.4 is 4.74 Å². The summed E-state index contributed by atoms with van der Waals surface area (Å²) in [5.74, 6) is -0.684. The molecule has 0 aliphatic carbocycles. The third-order valence-corrected chi connectivity index (χ3v) is 4.02. The largest absolute Gasteiger partial charge is 0.507 e. The maximum Gasteiger partial charge on any atom is 0.172 e. The molecule has 25 heavy (non-hydrogen) atoms. The first-order chi connectivity index (χ1) is 11.6. The Morgan fingerprint density at radius 2 is 1.84 bits per heavy atom. The molecule has 0 amide bonds. The third kappa shape index (κ3) is 5.96. The van der Waals surface area contributed by atoms with Gasteiger partial charge in [-0.1, -0.05) is 31.1 Å². The highest BCUT2D eigenvalue weighted by molar-refractivity contribution is 6.03. The van der Waals surface area contributed by atoms with Gasteiger partial charge in [0.1, 0.15) is 29.4 Å². The first-order valence-electron chi connectivity index (χ1n) is 8.66. The van der Waals surface area contributed by atoms with Gasteiger partial charge in [-0.15, -0.1) is 0 Å². The van der Waals surface area contributed by atoms with Crippen LogP contribution in [0, 0.1) is 12.8 Å². The predicted molar refractivity (Wildman–Crippen MR) is 102 cm³/mol. The van der Waals surface area contributed by atoms with Gasteiger partial charge in [-0.05, 0) is 46.6 Å². The fourth-order valence-corrected chi connectivity index (χ4v) is 2.38. The lowest BCUT2D eigenvalue weighted by molar-refractivity contribution is 0.0933. The SMILES string of the molecule is CC(C)=CCC/C(C)=C/COc1cc(O)c(C(=O)C(C)C)c(O)c1C. The van der Waals surface area contributed by atoms with Gasteiger partial charge < -0.3 is 14.9 Å². The number of carbonyl (C=O) groups is 1. The summed E-state index contributed by atoms with van der Waals surface area (Å²) in [5, 5.41) is 20.4. The number of benzene rings is 1. The fraction of sp³-hybridized carbons (Fsp3) is 0.476. The summed E-state index contributed by atoms with van der Waals surface area (Å²) < 4.78 is 5.67. The van der Waals surface area contributed by atoms with Gasteiger partial charge >= 0.3 is 0 Å². The molecule has 0 bridgehead atoms. The van der Waals surface area contributed by atoms with Gasteiger partial charge in [-0.25, -0.2) is 0 Å². The van der Waals surface area contributed by atoms with Gasteiger partial charge in [0.05, 0.1) is 0 Å². The number of ketones is 1. The number of Topliss-reactive ketones (excluding diaryl/α,β-unsaturated/α-hetero) is 1. The minimum Gasteiger partial charge on any atom is -0.507 e. The van der Waals surface area contributed by atoms with Gasteiger partial charge in [0.15, 0.2) is 5.78 Å². The Hall–Kier alpha value is -2.23. The molecule has 4 nitrogen and oxygen atoms in total. The van der Waals surface area contributed by atoms with E-state index in [2.05, 4.69) is 19.9 Å². The summed E-state index contributed by atoms with van der Waals surface area (Å²) in [6.45, 7) is 11.7. The Kier molecular flexibility index (Phi) is 7.75. The minimum absolute atomic E-state index is 0.0340. The molecular weight excluding hydrogens is 316 g/mol. The number of ether oxygens (including phenoxy) is 1. The van der Waals surface area contributed by atoms with Gasteiger partial charge in [-0.2, -0.15) is 0 Å². The summed E-state index contributed by atoms with van der Waals surface area (Å²) in [5.41, 5.74) is 2.95. The summed E-state index contributed by atoms with van der Waals surface area (Å²) >= 11 is 0. The average molecular weight is 346 g/mol. The Balaban J connectivity index is 2.84. The van der Waals surface area contributed by atoms with Crippen molar-refractivity contribution in [3.63, 3.8) is 0 Å². The lowest BCUT2D eigenvalue weighted by Gasteiger charge is -2.15. The second-order valence-electron chi connectivity index (χ2n) is 6.94. The molecule has 0 aliphatic heterocycles. The van der Waals surface area contributed by atoms with E-state index in [1.54, 1.807) is 20.8 Å². The minimum atomic E-state index is -0.311. The van der Waals surface area contributed by atoms with Gasteiger partial charge in [0.2, 0.25) is 0 Å². The number of phenols is 2. The molecule has 1 rings (SSSR count). The zero-order valence-corrected chi connectivity index (χ0v) is 16.1. The van der Waals surface area contributed by atoms with Crippen molar-refractivity contribution in [3.8, 4) is 17.2 Å².